The Hall–Kier alpha value is -4.57. The number of carbonyl (C=O) groups excluding carboxylic acids is 5. The summed E-state index contributed by atoms with van der Waals surface area (Å²) in [5, 5.41) is 0. The van der Waals surface area contributed by atoms with E-state index in [1.807, 2.05) is 101 Å². The molecule has 2 aromatic rings. The first kappa shape index (κ1) is 48.5. The summed E-state index contributed by atoms with van der Waals surface area (Å²) < 4.78 is 29.1. The van der Waals surface area contributed by atoms with Crippen LogP contribution >= 0.6 is 0 Å². The average Bonchev–Trinajstić information content (AvgIpc) is 3.70. The van der Waals surface area contributed by atoms with E-state index in [0.717, 1.165) is 22.3 Å². The molecular weight excluding hydrogens is 795 g/mol. The van der Waals surface area contributed by atoms with Gasteiger partial charge in [-0.3, -0.25) is 38.8 Å². The highest BCUT2D eigenvalue weighted by atomic mass is 16.6. The van der Waals surface area contributed by atoms with Gasteiger partial charge in [-0.2, -0.15) is 0 Å². The van der Waals surface area contributed by atoms with Gasteiger partial charge in [0, 0.05) is 71.7 Å². The van der Waals surface area contributed by atoms with E-state index in [1.165, 1.54) is 6.92 Å². The largest absolute Gasteiger partial charge is 0.459 e. The lowest BCUT2D eigenvalue weighted by Crippen LogP contribution is -2.53. The number of benzene rings is 2. The first-order valence-electron chi connectivity index (χ1n) is 21.9. The molecule has 0 aromatic heterocycles. The molecule has 2 fully saturated rings. The van der Waals surface area contributed by atoms with E-state index < -0.39 is 41.0 Å². The van der Waals surface area contributed by atoms with Crippen LogP contribution in [0.4, 0.5) is 4.79 Å². The smallest absolute Gasteiger partial charge is 0.409 e. The van der Waals surface area contributed by atoms with Crippen LogP contribution in [0.25, 0.3) is 11.1 Å². The molecule has 0 unspecified atom stereocenters. The minimum atomic E-state index is -0.681. The molecule has 15 heteroatoms. The van der Waals surface area contributed by atoms with Crippen LogP contribution in [0.15, 0.2) is 48.5 Å². The van der Waals surface area contributed by atoms with Crippen molar-refractivity contribution in [3.05, 3.63) is 59.7 Å². The molecule has 1 amide bonds. The maximum atomic E-state index is 13.9. The van der Waals surface area contributed by atoms with Gasteiger partial charge in [-0.05, 0) is 84.6 Å². The Kier molecular flexibility index (Phi) is 16.2. The summed E-state index contributed by atoms with van der Waals surface area (Å²) in [6.07, 6.45) is -1.16. The number of ether oxygens (including phenoxy) is 5. The number of amides is 1. The Morgan fingerprint density at radius 2 is 0.952 bits per heavy atom. The number of hydrogen-bond donors (Lipinski definition) is 0. The maximum Gasteiger partial charge on any atom is 0.409 e. The fourth-order valence-corrected chi connectivity index (χ4v) is 8.30. The van der Waals surface area contributed by atoms with Crippen LogP contribution in [0.3, 0.4) is 0 Å². The fourth-order valence-electron chi connectivity index (χ4n) is 8.30. The molecule has 2 heterocycles. The number of likely N-dealkylation sites (tertiary alicyclic amines) is 1. The molecule has 2 aromatic carbocycles. The highest BCUT2D eigenvalue weighted by Gasteiger charge is 2.42. The van der Waals surface area contributed by atoms with Crippen molar-refractivity contribution in [2.75, 3.05) is 91.7 Å². The molecule has 0 radical (unpaired) electrons. The number of fused-ring (bicyclic) bond motifs is 3. The molecule has 0 bridgehead atoms. The van der Waals surface area contributed by atoms with Crippen LogP contribution in [0.1, 0.15) is 86.3 Å². The number of nitrogens with zero attached hydrogens (tertiary/aromatic N) is 5. The predicted octanol–water partition coefficient (Wildman–Crippen LogP) is 4.80. The van der Waals surface area contributed by atoms with Crippen molar-refractivity contribution < 1.29 is 47.7 Å². The molecule has 2 atom stereocenters. The lowest BCUT2D eigenvalue weighted by Gasteiger charge is -2.37. The van der Waals surface area contributed by atoms with Gasteiger partial charge in [-0.15, -0.1) is 0 Å². The van der Waals surface area contributed by atoms with Crippen molar-refractivity contribution in [3.63, 3.8) is 0 Å². The van der Waals surface area contributed by atoms with E-state index in [0.29, 0.717) is 52.4 Å². The zero-order chi connectivity index (χ0) is 45.4. The monoisotopic (exact) mass is 864 g/mol. The zero-order valence-electron chi connectivity index (χ0n) is 38.6. The Morgan fingerprint density at radius 3 is 1.34 bits per heavy atom. The Balaban J connectivity index is 1.38. The van der Waals surface area contributed by atoms with Gasteiger partial charge in [0.25, 0.3) is 0 Å². The van der Waals surface area contributed by atoms with E-state index in [1.54, 1.807) is 4.90 Å². The van der Waals surface area contributed by atoms with Gasteiger partial charge in [0.15, 0.2) is 0 Å². The first-order valence-corrected chi connectivity index (χ1v) is 21.9. The van der Waals surface area contributed by atoms with Crippen molar-refractivity contribution >= 4 is 30.0 Å². The molecule has 0 spiro atoms. The van der Waals surface area contributed by atoms with Gasteiger partial charge in [-0.1, -0.05) is 48.5 Å². The lowest BCUT2D eigenvalue weighted by atomic mass is 9.98. The molecule has 3 aliphatic rings. The minimum Gasteiger partial charge on any atom is -0.459 e. The number of carbonyl (C=O) groups is 5. The van der Waals surface area contributed by atoms with E-state index in [9.17, 15) is 24.0 Å². The van der Waals surface area contributed by atoms with Crippen LogP contribution in [-0.4, -0.2) is 175 Å². The summed E-state index contributed by atoms with van der Waals surface area (Å²) in [7, 11) is 0. The SMILES string of the molecule is CC(=O)O[C@H]1CN(C(=O)OCC2c3ccccc3-c3ccccc32)C[C@@H]1N1CCN(CC(=O)OC(C)(C)C)CCN(CC(=O)OC(C)(C)C)CCN(CC(=O)OC(C)(C)C)CC1. The quantitative estimate of drug-likeness (QED) is 0.238. The molecule has 1 aliphatic carbocycles. The molecule has 342 valence electrons. The van der Waals surface area contributed by atoms with Crippen LogP contribution in [0.5, 0.6) is 0 Å². The summed E-state index contributed by atoms with van der Waals surface area (Å²) in [4.78, 5) is 75.9. The van der Waals surface area contributed by atoms with Gasteiger partial charge < -0.3 is 28.6 Å². The van der Waals surface area contributed by atoms with Crippen LogP contribution in [-0.2, 0) is 42.9 Å². The second-order valence-corrected chi connectivity index (χ2v) is 19.5. The topological polar surface area (TPSA) is 148 Å². The summed E-state index contributed by atoms with van der Waals surface area (Å²) in [5.41, 5.74) is 2.46. The minimum absolute atomic E-state index is 0.0140. The average molecular weight is 864 g/mol. The second-order valence-electron chi connectivity index (χ2n) is 19.5. The van der Waals surface area contributed by atoms with Crippen molar-refractivity contribution in [3.8, 4) is 11.1 Å². The normalized spacial score (nSPS) is 20.3. The Bertz CT molecular complexity index is 1790. The molecule has 15 nitrogen and oxygen atoms in total. The lowest BCUT2D eigenvalue weighted by molar-refractivity contribution is -0.158. The van der Waals surface area contributed by atoms with Crippen molar-refractivity contribution in [2.24, 2.45) is 0 Å². The van der Waals surface area contributed by atoms with Crippen LogP contribution < -0.4 is 0 Å². The van der Waals surface area contributed by atoms with E-state index in [-0.39, 0.29) is 63.2 Å². The summed E-state index contributed by atoms with van der Waals surface area (Å²) >= 11 is 0. The summed E-state index contributed by atoms with van der Waals surface area (Å²) in [6, 6.07) is 15.9. The second kappa shape index (κ2) is 20.7. The van der Waals surface area contributed by atoms with Gasteiger partial charge >= 0.3 is 30.0 Å². The highest BCUT2D eigenvalue weighted by Crippen LogP contribution is 2.44. The first-order chi connectivity index (χ1) is 29.0. The summed E-state index contributed by atoms with van der Waals surface area (Å²) in [6.45, 7) is 21.8. The molecule has 0 saturated carbocycles. The molecule has 62 heavy (non-hydrogen) atoms. The third-order valence-electron chi connectivity index (χ3n) is 10.8. The van der Waals surface area contributed by atoms with Crippen molar-refractivity contribution in [1.82, 2.24) is 24.5 Å². The fraction of sp³-hybridized carbons (Fsp3) is 0.638. The van der Waals surface area contributed by atoms with E-state index in [4.69, 9.17) is 23.7 Å². The van der Waals surface area contributed by atoms with Crippen LogP contribution in [0, 0.1) is 0 Å². The van der Waals surface area contributed by atoms with Gasteiger partial charge in [0.1, 0.15) is 29.5 Å². The summed E-state index contributed by atoms with van der Waals surface area (Å²) in [5.74, 6) is -1.70. The molecular formula is C47H69N5O10. The number of rotatable bonds is 10. The van der Waals surface area contributed by atoms with Crippen molar-refractivity contribution in [2.45, 2.75) is 104 Å². The van der Waals surface area contributed by atoms with E-state index >= 15 is 0 Å². The number of hydrogen-bond acceptors (Lipinski definition) is 14. The molecule has 5 rings (SSSR count). The van der Waals surface area contributed by atoms with Gasteiger partial charge in [0.05, 0.1) is 32.2 Å². The molecule has 2 saturated heterocycles. The number of esters is 4. The third-order valence-corrected chi connectivity index (χ3v) is 10.8. The predicted molar refractivity (Wildman–Crippen MR) is 234 cm³/mol. The molecule has 0 N–H and O–H groups in total. The highest BCUT2D eigenvalue weighted by molar-refractivity contribution is 5.79. The van der Waals surface area contributed by atoms with Gasteiger partial charge in [-0.25, -0.2) is 4.79 Å². The van der Waals surface area contributed by atoms with E-state index in [2.05, 4.69) is 29.2 Å². The Morgan fingerprint density at radius 1 is 0.565 bits per heavy atom. The third kappa shape index (κ3) is 14.8. The standard InChI is InChI=1S/C47H69N5O10/c1-33(53)59-40-28-52(44(57)58-32-38-36-17-13-11-15-34(36)35-16-12-14-18-37(35)38)27-39(40)51-25-23-49(30-42(55)61-46(5,6)7)21-19-48(29-41(54)60-45(2,3)4)20-22-50(24-26-51)31-43(56)62-47(8,9)10/h11-18,38-40H,19-32H2,1-10H3/t39-,40-/m0/s1. The van der Waals surface area contributed by atoms with Crippen molar-refractivity contribution in [1.29, 1.82) is 0 Å². The molecule has 2 aliphatic heterocycles. The zero-order valence-corrected chi connectivity index (χ0v) is 38.6. The van der Waals surface area contributed by atoms with Gasteiger partial charge in [0.2, 0.25) is 0 Å². The van der Waals surface area contributed by atoms with Crippen LogP contribution in [0.2, 0.25) is 0 Å². The maximum absolute atomic E-state index is 13.9. The Labute approximate surface area is 367 Å².